The van der Waals surface area contributed by atoms with Gasteiger partial charge in [-0.25, -0.2) is 14.6 Å². The van der Waals surface area contributed by atoms with Crippen molar-refractivity contribution in [1.29, 1.82) is 0 Å². The smallest absolute Gasteiger partial charge is 0.411 e. The molecule has 126 heavy (non-hydrogen) atoms. The monoisotopic (exact) mass is 1760 g/mol. The number of hydrogen-bond donors (Lipinski definition) is 10. The number of likely N-dealkylation sites (tertiary alicyclic amines) is 1. The largest absolute Gasteiger partial charge is 0.481 e. The molecule has 2 aliphatic rings. The molecule has 0 saturated carbocycles. The molecular weight excluding hydrogens is 1640 g/mol. The number of nitrogens with zero attached hydrogens (tertiary/aromatic N) is 4. The second-order valence-electron chi connectivity index (χ2n) is 32.9. The average Bonchev–Trinajstić information content (AvgIpc) is 0.893. The molecule has 684 valence electrons. The van der Waals surface area contributed by atoms with Crippen LogP contribution in [0.15, 0.2) is 102 Å². The molecule has 0 bridgehead atoms. The van der Waals surface area contributed by atoms with E-state index in [0.29, 0.717) is 85.0 Å². The maximum Gasteiger partial charge on any atom is 0.411 e. The van der Waals surface area contributed by atoms with Gasteiger partial charge < -0.3 is 86.3 Å². The van der Waals surface area contributed by atoms with E-state index in [1.165, 1.54) is 12.3 Å². The number of piperidine rings is 1. The van der Waals surface area contributed by atoms with Gasteiger partial charge in [0.1, 0.15) is 35.4 Å². The fraction of sp³-hybridized carbons (Fsp3) is 0.538. The van der Waals surface area contributed by atoms with E-state index in [0.717, 1.165) is 47.4 Å². The summed E-state index contributed by atoms with van der Waals surface area (Å²) in [7, 11) is 1.92. The quantitative estimate of drug-likeness (QED) is 0.00983. The summed E-state index contributed by atoms with van der Waals surface area (Å²) in [6, 6.07) is 22.9. The Morgan fingerprint density at radius 1 is 0.698 bits per heavy atom. The van der Waals surface area contributed by atoms with Crippen LogP contribution in [0, 0.1) is 47.4 Å². The number of ether oxygens (including phenoxy) is 6. The highest BCUT2D eigenvalue weighted by Crippen LogP contribution is 2.34. The number of nitrogens with one attached hydrogen (secondary N) is 8. The third kappa shape index (κ3) is 34.5. The zero-order valence-electron chi connectivity index (χ0n) is 74.2. The van der Waals surface area contributed by atoms with Crippen molar-refractivity contribution in [2.45, 2.75) is 214 Å². The van der Waals surface area contributed by atoms with Crippen molar-refractivity contribution < 1.29 is 91.1 Å². The van der Waals surface area contributed by atoms with Crippen molar-refractivity contribution >= 4 is 99.7 Å². The summed E-state index contributed by atoms with van der Waals surface area (Å²) in [5.74, 6) is 3.40. The van der Waals surface area contributed by atoms with Gasteiger partial charge in [-0.3, -0.25) is 58.2 Å². The number of para-hydroxylation sites is 1. The third-order valence-corrected chi connectivity index (χ3v) is 22.7. The van der Waals surface area contributed by atoms with Crippen LogP contribution in [0.1, 0.15) is 202 Å². The molecule has 11 N–H and O–H groups in total. The van der Waals surface area contributed by atoms with Gasteiger partial charge in [0.2, 0.25) is 41.4 Å². The van der Waals surface area contributed by atoms with E-state index in [-0.39, 0.29) is 165 Å². The maximum atomic E-state index is 15.1. The second-order valence-corrected chi connectivity index (χ2v) is 33.8. The van der Waals surface area contributed by atoms with Crippen LogP contribution >= 0.6 is 11.3 Å². The maximum absolute atomic E-state index is 15.1. The molecule has 33 heteroatoms. The number of anilines is 3. The number of fused-ring (bicyclic) bond motifs is 2. The van der Waals surface area contributed by atoms with Gasteiger partial charge in [-0.15, -0.1) is 23.7 Å². The Kier molecular flexibility index (Phi) is 43.0. The predicted octanol–water partition coefficient (Wildman–Crippen LogP) is 9.71. The Hall–Kier alpha value is -11.3. The number of aromatic nitrogens is 1. The van der Waals surface area contributed by atoms with Gasteiger partial charge in [-0.2, -0.15) is 0 Å². The number of aliphatic carboxylic acids is 1. The van der Waals surface area contributed by atoms with Crippen LogP contribution in [0.2, 0.25) is 0 Å². The van der Waals surface area contributed by atoms with Crippen LogP contribution in [0.3, 0.4) is 0 Å². The van der Waals surface area contributed by atoms with Crippen molar-refractivity contribution in [2.75, 3.05) is 102 Å². The molecule has 3 heterocycles. The minimum atomic E-state index is -1.29. The molecule has 8 atom stereocenters. The number of benzene rings is 4. The molecular formula is C93H127N13O19S. The first kappa shape index (κ1) is 102. The zero-order valence-corrected chi connectivity index (χ0v) is 75.1. The van der Waals surface area contributed by atoms with Crippen LogP contribution in [0.5, 0.6) is 0 Å². The summed E-state index contributed by atoms with van der Waals surface area (Å²) in [4.78, 5) is 171. The summed E-state index contributed by atoms with van der Waals surface area (Å²) >= 11 is 1.11. The number of unbranched alkanes of at least 4 members (excludes halogenated alkanes) is 2. The first-order valence-corrected chi connectivity index (χ1v) is 44.3. The normalized spacial score (nSPS) is 14.8. The van der Waals surface area contributed by atoms with Crippen molar-refractivity contribution in [3.63, 3.8) is 0 Å². The molecule has 0 unspecified atom stereocenters. The van der Waals surface area contributed by atoms with Crippen molar-refractivity contribution in [1.82, 2.24) is 46.7 Å². The van der Waals surface area contributed by atoms with Crippen molar-refractivity contribution in [2.24, 2.45) is 28.9 Å². The molecule has 0 spiro atoms. The van der Waals surface area contributed by atoms with E-state index in [9.17, 15) is 57.8 Å². The van der Waals surface area contributed by atoms with Gasteiger partial charge in [0, 0.05) is 98.6 Å². The molecule has 1 aromatic heterocycles. The minimum absolute atomic E-state index is 0.000647. The number of primary amides is 1. The van der Waals surface area contributed by atoms with Crippen LogP contribution in [0.4, 0.5) is 26.7 Å². The minimum Gasteiger partial charge on any atom is -0.481 e. The van der Waals surface area contributed by atoms with Crippen LogP contribution in [-0.2, 0) is 91.1 Å². The van der Waals surface area contributed by atoms with Gasteiger partial charge >= 0.3 is 24.1 Å². The molecule has 7 rings (SSSR count). The van der Waals surface area contributed by atoms with Crippen LogP contribution in [0.25, 0.3) is 0 Å². The molecule has 32 nitrogen and oxygen atoms in total. The van der Waals surface area contributed by atoms with Crippen LogP contribution < -0.4 is 53.2 Å². The number of thiazole rings is 1. The number of carboxylic acids is 1. The number of carbonyl (C=O) groups excluding carboxylic acids is 11. The Bertz CT molecular complexity index is 4520. The highest BCUT2D eigenvalue weighted by molar-refractivity contribution is 7.09. The number of terminal acetylenes is 1. The number of nitrogens with two attached hydrogens (primary N) is 1. The Labute approximate surface area is 743 Å². The van der Waals surface area contributed by atoms with Crippen LogP contribution in [-0.4, -0.2) is 214 Å². The summed E-state index contributed by atoms with van der Waals surface area (Å²) < 4.78 is 33.9. The van der Waals surface area contributed by atoms with E-state index in [1.54, 1.807) is 86.0 Å². The lowest BCUT2D eigenvalue weighted by Crippen LogP contribution is -2.59. The average molecular weight is 1760 g/mol. The van der Waals surface area contributed by atoms with Gasteiger partial charge in [0.15, 0.2) is 6.10 Å². The van der Waals surface area contributed by atoms with E-state index in [2.05, 4.69) is 60.3 Å². The summed E-state index contributed by atoms with van der Waals surface area (Å²) in [6.07, 6.45) is 9.36. The van der Waals surface area contributed by atoms with Gasteiger partial charge in [0.25, 0.3) is 5.91 Å². The number of esters is 1. The summed E-state index contributed by atoms with van der Waals surface area (Å²) in [6.45, 7) is 19.2. The molecule has 0 radical (unpaired) electrons. The van der Waals surface area contributed by atoms with E-state index >= 15 is 4.79 Å². The Morgan fingerprint density at radius 2 is 1.34 bits per heavy atom. The topological polar surface area (TPSA) is 425 Å². The summed E-state index contributed by atoms with van der Waals surface area (Å²) in [5.41, 5.74) is 9.17. The number of likely N-dealkylation sites (N-methyl/N-ethyl adjacent to an activating group) is 1. The molecule has 1 fully saturated rings. The van der Waals surface area contributed by atoms with Crippen molar-refractivity contribution in [3.8, 4) is 24.2 Å². The molecule has 1 saturated heterocycles. The number of carboxylic acid groups (broad SMARTS) is 1. The first-order chi connectivity index (χ1) is 60.3. The predicted molar refractivity (Wildman–Crippen MR) is 478 cm³/mol. The fourth-order valence-corrected chi connectivity index (χ4v) is 15.3. The lowest BCUT2D eigenvalue weighted by Gasteiger charge is -2.40. The molecule has 0 aliphatic carbocycles. The number of amides is 11. The molecule has 11 amide bonds. The van der Waals surface area contributed by atoms with E-state index in [1.807, 2.05) is 88.2 Å². The van der Waals surface area contributed by atoms with Gasteiger partial charge in [0.05, 0.1) is 76.5 Å². The lowest BCUT2D eigenvalue weighted by atomic mass is 9.84. The molecule has 2 aliphatic heterocycles. The number of rotatable bonds is 53. The Morgan fingerprint density at radius 3 is 1.98 bits per heavy atom. The first-order valence-electron chi connectivity index (χ1n) is 43.4. The molecule has 4 aromatic carbocycles. The van der Waals surface area contributed by atoms with Gasteiger partial charge in [-0.1, -0.05) is 121 Å². The third-order valence-electron chi connectivity index (χ3n) is 21.8. The number of hydrogen-bond acceptors (Lipinski definition) is 21. The summed E-state index contributed by atoms with van der Waals surface area (Å²) in [5, 5.41) is 34.5. The fourth-order valence-electron chi connectivity index (χ4n) is 14.4. The number of carbonyl (C=O) groups is 12. The standard InChI is InChI=1S/C93H127N13O19S/c1-12-14-15-21-46-105(89(115)83(63(7)13-2)103-86(113)76-29-20-22-45-104(76)11)77(61(3)4)56-78(125-64(8)107)88-101-74(60-126-88)85(112)98-72(57-93(9,10)90(116)117)55-65-30-36-71(37-31-65)99-92(119)124-59-66-32-38-70(39-33-66)97-84(111)73(27-23-43-96-91(94)118)100-87(114)82(62(5)6)102-80(109)42-47-120-49-51-122-53-54-123-52-50-121-48-44-95-79(108)40-41-81(110)106-58-69-26-17-16-24-67(69)34-35-68-25-18-19-28-75(68)106/h1,16-19,24-26,28,30-33,36-39,60-63,72-73,76-78,82-83H,13-15,20-23,27,29,40-59H2,2-11H3,(H,95,108)(H,97,111)(H,98,112)(H,99,119)(H,100,114)(H,102,109)(H,103,113)(H,116,117)(H3,94,96,118)/t63-,72-,73-,76+,77+,78+,82-,83-/m0/s1. The van der Waals surface area contributed by atoms with Gasteiger partial charge in [-0.05, 0) is 156 Å². The van der Waals surface area contributed by atoms with E-state index < -0.39 is 95.3 Å². The molecule has 5 aromatic rings. The van der Waals surface area contributed by atoms with E-state index in [4.69, 9.17) is 45.6 Å². The highest BCUT2D eigenvalue weighted by Gasteiger charge is 2.40. The SMILES string of the molecule is C#CCCCCN(C(=O)[C@@H](NC(=O)[C@H]1CCCCN1C)[C@@H](C)CC)[C@H](C[C@@H](OC(C)=O)c1nc(C(=O)N[C@@H](Cc2ccc(NC(=O)OCc3ccc(NC(=O)[C@H](CCCNC(N)=O)NC(=O)[C@@H](NC(=O)CCOCCOCCOCCOCCNC(=O)CCC(=O)N4Cc5ccccc5C#Cc5ccccc54)C(C)C)cc3)cc2)CC(C)(C)C(=O)O)cs1)C(C)C. The highest BCUT2D eigenvalue weighted by atomic mass is 32.1. The zero-order chi connectivity index (χ0) is 91.7. The number of urea groups is 1. The van der Waals surface area contributed by atoms with Crippen molar-refractivity contribution in [3.05, 3.63) is 141 Å². The lowest BCUT2D eigenvalue weighted by molar-refractivity contribution is -0.150. The second kappa shape index (κ2) is 53.2. The Balaban J connectivity index is 0.821.